The number of fused-ring (bicyclic) bond motifs is 3. The first-order chi connectivity index (χ1) is 16.0. The quantitative estimate of drug-likeness (QED) is 0.189. The van der Waals surface area contributed by atoms with Gasteiger partial charge < -0.3 is 36.2 Å². The molecular weight excluding hydrogens is 492 g/mol. The van der Waals surface area contributed by atoms with Gasteiger partial charge in [-0.1, -0.05) is 11.7 Å². The van der Waals surface area contributed by atoms with Crippen molar-refractivity contribution in [3.63, 3.8) is 0 Å². The molecule has 0 radical (unpaired) electrons. The van der Waals surface area contributed by atoms with E-state index in [2.05, 4.69) is 22.0 Å². The van der Waals surface area contributed by atoms with Crippen LogP contribution in [0, 0.1) is 5.92 Å². The molecule has 1 amide bonds. The Morgan fingerprint density at radius 2 is 2.24 bits per heavy atom. The number of nitrogen functional groups attached to an aromatic ring is 1. The summed E-state index contributed by atoms with van der Waals surface area (Å²) in [5, 5.41) is 16.3. The summed E-state index contributed by atoms with van der Waals surface area (Å²) in [6, 6.07) is -1.66. The minimum Gasteiger partial charge on any atom is -0.479 e. The van der Waals surface area contributed by atoms with E-state index < -0.39 is 59.7 Å². The zero-order valence-electron chi connectivity index (χ0n) is 17.6. The Balaban J connectivity index is 1.55. The number of nitrogens with one attached hydrogen (secondary N) is 1. The fourth-order valence-corrected chi connectivity index (χ4v) is 6.10. The highest BCUT2D eigenvalue weighted by Crippen LogP contribution is 2.54. The summed E-state index contributed by atoms with van der Waals surface area (Å²) in [4.78, 5) is 58.1. The second-order valence-electron chi connectivity index (χ2n) is 7.49. The highest BCUT2D eigenvalue weighted by Gasteiger charge is 2.70. The number of carbonyl (C=O) groups is 4. The van der Waals surface area contributed by atoms with Crippen LogP contribution in [0.15, 0.2) is 22.8 Å². The number of aliphatic carboxylic acids is 1. The maximum atomic E-state index is 13.0. The summed E-state index contributed by atoms with van der Waals surface area (Å²) in [7, 11) is 0. The van der Waals surface area contributed by atoms with Crippen molar-refractivity contribution in [3.05, 3.63) is 23.3 Å². The van der Waals surface area contributed by atoms with Gasteiger partial charge in [-0.2, -0.15) is 0 Å². The number of thiazole rings is 1. The first-order valence-electron chi connectivity index (χ1n) is 9.77. The third-order valence-corrected chi connectivity index (χ3v) is 7.36. The molecule has 1 aromatic rings. The molecule has 34 heavy (non-hydrogen) atoms. The summed E-state index contributed by atoms with van der Waals surface area (Å²) in [5.74, 6) is -5.47. The molecule has 16 heteroatoms. The maximum Gasteiger partial charge on any atom is 0.349 e. The van der Waals surface area contributed by atoms with Gasteiger partial charge in [0.1, 0.15) is 17.1 Å². The molecule has 3 aliphatic rings. The van der Waals surface area contributed by atoms with E-state index in [0.717, 1.165) is 11.3 Å². The average molecular weight is 513 g/mol. The molecule has 2 unspecified atom stereocenters. The molecule has 6 N–H and O–H groups in total. The maximum absolute atomic E-state index is 13.0. The largest absolute Gasteiger partial charge is 0.479 e. The molecule has 3 fully saturated rings. The van der Waals surface area contributed by atoms with Gasteiger partial charge in [0.15, 0.2) is 10.8 Å². The molecule has 14 nitrogen and oxygen atoms in total. The third-order valence-electron chi connectivity index (χ3n) is 5.31. The number of amides is 1. The minimum atomic E-state index is -1.75. The van der Waals surface area contributed by atoms with Crippen molar-refractivity contribution in [2.24, 2.45) is 16.8 Å². The minimum absolute atomic E-state index is 0.0932. The topological polar surface area (TPSA) is 209 Å². The Morgan fingerprint density at radius 3 is 2.85 bits per heavy atom. The second kappa shape index (κ2) is 8.77. The molecule has 0 aromatic carbocycles. The fourth-order valence-electron chi connectivity index (χ4n) is 3.88. The van der Waals surface area contributed by atoms with E-state index in [9.17, 15) is 19.2 Å². The molecule has 5 atom stereocenters. The van der Waals surface area contributed by atoms with E-state index in [-0.39, 0.29) is 16.5 Å². The number of oxime groups is 1. The smallest absolute Gasteiger partial charge is 0.349 e. The summed E-state index contributed by atoms with van der Waals surface area (Å²) < 4.78 is 10.9. The second-order valence-corrected chi connectivity index (χ2v) is 9.53. The first kappa shape index (κ1) is 23.8. The number of carbonyl (C=O) groups excluding carboxylic acids is 3. The standard InChI is InChI=1S/C18H20N6O8S2/c1-6-12(22-14(28)13(23-30-3-10(26)27)9-5-34-17(20)21-9)15-24(6)18(31-7(2)25)8(4-33-15)11(19)16(29)32-18/h5,8,11-12,15H,1,3-4,19H2,2H3,(H2,20,21)(H,22,28)(H,26,27)/b23-13-/t8?,11-,12-,15-,18?/m1/s1. The predicted octanol–water partition coefficient (Wildman–Crippen LogP) is -1.37. The molecule has 3 aliphatic heterocycles. The van der Waals surface area contributed by atoms with Gasteiger partial charge in [0.25, 0.3) is 5.91 Å². The molecule has 4 rings (SSSR count). The van der Waals surface area contributed by atoms with Crippen molar-refractivity contribution in [2.75, 3.05) is 18.1 Å². The number of carboxylic acids is 1. The van der Waals surface area contributed by atoms with Crippen molar-refractivity contribution < 1.29 is 38.6 Å². The number of hydrogen-bond donors (Lipinski definition) is 4. The van der Waals surface area contributed by atoms with Crippen molar-refractivity contribution in [1.82, 2.24) is 15.2 Å². The van der Waals surface area contributed by atoms with E-state index >= 15 is 0 Å². The number of anilines is 1. The van der Waals surface area contributed by atoms with E-state index in [4.69, 9.17) is 30.9 Å². The van der Waals surface area contributed by atoms with Crippen LogP contribution in [0.5, 0.6) is 0 Å². The summed E-state index contributed by atoms with van der Waals surface area (Å²) in [6.07, 6.45) is 0. The van der Waals surface area contributed by atoms with Crippen LogP contribution in [0.3, 0.4) is 0 Å². The molecule has 3 saturated heterocycles. The zero-order valence-corrected chi connectivity index (χ0v) is 19.3. The first-order valence-corrected chi connectivity index (χ1v) is 11.7. The average Bonchev–Trinajstić information content (AvgIpc) is 3.28. The van der Waals surface area contributed by atoms with Crippen molar-refractivity contribution >= 4 is 57.8 Å². The summed E-state index contributed by atoms with van der Waals surface area (Å²) >= 11 is 2.43. The molecule has 1 aromatic heterocycles. The molecule has 0 saturated carbocycles. The number of rotatable bonds is 7. The molecule has 182 valence electrons. The van der Waals surface area contributed by atoms with Crippen molar-refractivity contribution in [2.45, 2.75) is 30.3 Å². The zero-order chi connectivity index (χ0) is 24.8. The van der Waals surface area contributed by atoms with Crippen LogP contribution in [0.25, 0.3) is 0 Å². The number of aromatic nitrogens is 1. The van der Waals surface area contributed by atoms with Crippen molar-refractivity contribution in [1.29, 1.82) is 0 Å². The van der Waals surface area contributed by atoms with Crippen LogP contribution >= 0.6 is 23.1 Å². The Morgan fingerprint density at radius 1 is 1.50 bits per heavy atom. The lowest BCUT2D eigenvalue weighted by molar-refractivity contribution is -0.297. The Bertz CT molecular complexity index is 1100. The highest BCUT2D eigenvalue weighted by atomic mass is 32.2. The molecule has 4 heterocycles. The van der Waals surface area contributed by atoms with Crippen LogP contribution < -0.4 is 16.8 Å². The predicted molar refractivity (Wildman–Crippen MR) is 118 cm³/mol. The van der Waals surface area contributed by atoms with E-state index in [1.54, 1.807) is 0 Å². The summed E-state index contributed by atoms with van der Waals surface area (Å²) in [6.45, 7) is 4.37. The number of thioether (sulfide) groups is 1. The lowest BCUT2D eigenvalue weighted by Gasteiger charge is -2.60. The van der Waals surface area contributed by atoms with Gasteiger partial charge in [0, 0.05) is 23.8 Å². The molecular formula is C18H20N6O8S2. The Hall–Kier alpha value is -3.37. The number of ether oxygens (including phenoxy) is 2. The highest BCUT2D eigenvalue weighted by molar-refractivity contribution is 8.00. The van der Waals surface area contributed by atoms with Gasteiger partial charge in [-0.25, -0.2) is 9.78 Å². The van der Waals surface area contributed by atoms with Gasteiger partial charge in [-0.15, -0.1) is 23.1 Å². The van der Waals surface area contributed by atoms with Crippen LogP contribution in [-0.2, 0) is 33.5 Å². The normalized spacial score (nSPS) is 29.9. The lowest BCUT2D eigenvalue weighted by Crippen LogP contribution is -2.75. The van der Waals surface area contributed by atoms with Crippen molar-refractivity contribution in [3.8, 4) is 0 Å². The third kappa shape index (κ3) is 3.92. The van der Waals surface area contributed by atoms with Crippen LogP contribution in [0.4, 0.5) is 5.13 Å². The lowest BCUT2D eigenvalue weighted by atomic mass is 9.93. The van der Waals surface area contributed by atoms with E-state index in [0.29, 0.717) is 11.4 Å². The number of nitrogens with two attached hydrogens (primary N) is 2. The molecule has 0 spiro atoms. The van der Waals surface area contributed by atoms with Gasteiger partial charge >= 0.3 is 23.8 Å². The van der Waals surface area contributed by atoms with Gasteiger partial charge in [0.2, 0.25) is 6.61 Å². The monoisotopic (exact) mass is 512 g/mol. The summed E-state index contributed by atoms with van der Waals surface area (Å²) in [5.41, 5.74) is 11.7. The van der Waals surface area contributed by atoms with Crippen LogP contribution in [-0.4, -0.2) is 80.2 Å². The Labute approximate surface area is 200 Å². The number of hydrogen-bond acceptors (Lipinski definition) is 14. The Kier molecular flexibility index (Phi) is 6.13. The molecule has 0 aliphatic carbocycles. The number of esters is 2. The van der Waals surface area contributed by atoms with Gasteiger partial charge in [0.05, 0.1) is 12.0 Å². The number of carboxylic acid groups (broad SMARTS) is 1. The van der Waals surface area contributed by atoms with Crippen LogP contribution in [0.1, 0.15) is 12.6 Å². The van der Waals surface area contributed by atoms with Gasteiger partial charge in [-0.05, 0) is 0 Å². The van der Waals surface area contributed by atoms with E-state index in [1.807, 2.05) is 0 Å². The van der Waals surface area contributed by atoms with Gasteiger partial charge in [-0.3, -0.25) is 19.3 Å². The number of nitrogens with zero attached hydrogens (tertiary/aromatic N) is 3. The molecule has 0 bridgehead atoms. The fraction of sp³-hybridized carbons (Fsp3) is 0.444. The van der Waals surface area contributed by atoms with E-state index in [1.165, 1.54) is 29.0 Å². The van der Waals surface area contributed by atoms with Crippen LogP contribution in [0.2, 0.25) is 0 Å². The SMILES string of the molecule is C=C1[C@@H](NC(=O)/C(=N\OCC(=O)O)c2csc(N)n2)[C@H]2SCC3[C@@H](N)C(=O)OC3(OC(C)=O)N12.